The number of hydrogen-bond acceptors (Lipinski definition) is 3. The molecule has 3 nitrogen and oxygen atoms in total. The summed E-state index contributed by atoms with van der Waals surface area (Å²) in [4.78, 5) is 13.5. The Labute approximate surface area is 135 Å². The largest absolute Gasteiger partial charge is 0.486 e. The monoisotopic (exact) mass is 354 g/mol. The van der Waals surface area contributed by atoms with Crippen molar-refractivity contribution in [2.75, 3.05) is 6.61 Å². The van der Waals surface area contributed by atoms with E-state index in [1.54, 1.807) is 11.9 Å². The lowest BCUT2D eigenvalue weighted by Gasteiger charge is -2.21. The second-order valence-electron chi connectivity index (χ2n) is 5.24. The van der Waals surface area contributed by atoms with Crippen molar-refractivity contribution in [1.29, 1.82) is 0 Å². The Balaban J connectivity index is 2.98. The molecule has 0 saturated carbocycles. The minimum absolute atomic E-state index is 0.0490. The van der Waals surface area contributed by atoms with Crippen LogP contribution in [-0.4, -0.2) is 18.7 Å². The van der Waals surface area contributed by atoms with Crippen LogP contribution in [0.4, 0.5) is 0 Å². The van der Waals surface area contributed by atoms with E-state index in [-0.39, 0.29) is 18.5 Å². The predicted molar refractivity (Wildman–Crippen MR) is 88.8 cm³/mol. The second-order valence-corrected chi connectivity index (χ2v) is 5.77. The number of hydrogen-bond donors (Lipinski definition) is 0. The van der Waals surface area contributed by atoms with Gasteiger partial charge in [-0.1, -0.05) is 41.9 Å². The van der Waals surface area contributed by atoms with Crippen LogP contribution in [0.2, 0.25) is 0 Å². The van der Waals surface area contributed by atoms with Crippen LogP contribution in [0, 0.1) is 12.8 Å². The molecular weight excluding hydrogens is 332 g/mol. The lowest BCUT2D eigenvalue weighted by atomic mass is 10.1. The van der Waals surface area contributed by atoms with Crippen LogP contribution < -0.4 is 4.74 Å². The van der Waals surface area contributed by atoms with Gasteiger partial charge in [-0.05, 0) is 42.5 Å². The Hall–Kier alpha value is -1.29. The highest BCUT2D eigenvalue weighted by Gasteiger charge is 2.16. The SMILES string of the molecule is CCOC(=O)Cc1ccc(C)cc1OC(/C=C/Br)C(C)C. The first-order valence-electron chi connectivity index (χ1n) is 7.16. The molecule has 0 spiro atoms. The molecule has 0 aliphatic rings. The van der Waals surface area contributed by atoms with Gasteiger partial charge in [0.15, 0.2) is 0 Å². The number of ether oxygens (including phenoxy) is 2. The third kappa shape index (κ3) is 5.92. The third-order valence-electron chi connectivity index (χ3n) is 3.05. The van der Waals surface area contributed by atoms with Crippen molar-refractivity contribution < 1.29 is 14.3 Å². The normalized spacial score (nSPS) is 12.7. The number of carbonyl (C=O) groups excluding carboxylic acids is 1. The molecule has 1 atom stereocenters. The van der Waals surface area contributed by atoms with Crippen LogP contribution in [0.3, 0.4) is 0 Å². The van der Waals surface area contributed by atoms with Crippen LogP contribution in [-0.2, 0) is 16.0 Å². The van der Waals surface area contributed by atoms with Gasteiger partial charge in [0.2, 0.25) is 0 Å². The molecule has 1 rings (SSSR count). The summed E-state index contributed by atoms with van der Waals surface area (Å²) >= 11 is 3.29. The van der Waals surface area contributed by atoms with E-state index < -0.39 is 0 Å². The third-order valence-corrected chi connectivity index (χ3v) is 3.35. The maximum absolute atomic E-state index is 11.7. The lowest BCUT2D eigenvalue weighted by Crippen LogP contribution is -2.21. The average molecular weight is 355 g/mol. The van der Waals surface area contributed by atoms with Crippen LogP contribution >= 0.6 is 15.9 Å². The number of rotatable bonds is 7. The highest BCUT2D eigenvalue weighted by molar-refractivity contribution is 9.11. The summed E-state index contributed by atoms with van der Waals surface area (Å²) in [6.07, 6.45) is 2.14. The topological polar surface area (TPSA) is 35.5 Å². The Morgan fingerprint density at radius 3 is 2.67 bits per heavy atom. The van der Waals surface area contributed by atoms with Gasteiger partial charge in [-0.15, -0.1) is 0 Å². The molecule has 1 unspecified atom stereocenters. The van der Waals surface area contributed by atoms with E-state index in [1.165, 1.54) is 0 Å². The molecule has 0 heterocycles. The number of esters is 1. The predicted octanol–water partition coefficient (Wildman–Crippen LogP) is 4.41. The quantitative estimate of drug-likeness (QED) is 0.680. The first-order chi connectivity index (χ1) is 9.97. The maximum Gasteiger partial charge on any atom is 0.310 e. The highest BCUT2D eigenvalue weighted by Crippen LogP contribution is 2.25. The molecule has 0 radical (unpaired) electrons. The van der Waals surface area contributed by atoms with Crippen molar-refractivity contribution in [3.05, 3.63) is 40.4 Å². The van der Waals surface area contributed by atoms with Gasteiger partial charge < -0.3 is 9.47 Å². The van der Waals surface area contributed by atoms with Gasteiger partial charge in [-0.2, -0.15) is 0 Å². The zero-order valence-electron chi connectivity index (χ0n) is 13.1. The Morgan fingerprint density at radius 2 is 2.10 bits per heavy atom. The first-order valence-corrected chi connectivity index (χ1v) is 8.08. The average Bonchev–Trinajstić information content (AvgIpc) is 2.41. The molecule has 0 saturated heterocycles. The van der Waals surface area contributed by atoms with E-state index in [9.17, 15) is 4.79 Å². The van der Waals surface area contributed by atoms with E-state index in [4.69, 9.17) is 9.47 Å². The molecule has 0 bridgehead atoms. The Bertz CT molecular complexity index is 495. The van der Waals surface area contributed by atoms with E-state index in [0.717, 1.165) is 16.9 Å². The first kappa shape index (κ1) is 17.8. The van der Waals surface area contributed by atoms with Crippen LogP contribution in [0.15, 0.2) is 29.3 Å². The van der Waals surface area contributed by atoms with E-state index in [2.05, 4.69) is 29.8 Å². The van der Waals surface area contributed by atoms with E-state index in [0.29, 0.717) is 12.5 Å². The summed E-state index contributed by atoms with van der Waals surface area (Å²) in [5.41, 5.74) is 1.95. The van der Waals surface area contributed by atoms with Crippen molar-refractivity contribution in [2.24, 2.45) is 5.92 Å². The summed E-state index contributed by atoms with van der Waals surface area (Å²) < 4.78 is 11.1. The molecule has 116 valence electrons. The van der Waals surface area contributed by atoms with E-state index in [1.807, 2.05) is 31.2 Å². The van der Waals surface area contributed by atoms with Gasteiger partial charge in [0, 0.05) is 5.56 Å². The van der Waals surface area contributed by atoms with Crippen LogP contribution in [0.25, 0.3) is 0 Å². The van der Waals surface area contributed by atoms with Gasteiger partial charge >= 0.3 is 5.97 Å². The molecule has 0 aromatic heterocycles. The molecule has 4 heteroatoms. The fraction of sp³-hybridized carbons (Fsp3) is 0.471. The summed E-state index contributed by atoms with van der Waals surface area (Å²) in [5.74, 6) is 0.838. The highest BCUT2D eigenvalue weighted by atomic mass is 79.9. The second kappa shape index (κ2) is 8.88. The summed E-state index contributed by atoms with van der Waals surface area (Å²) in [7, 11) is 0. The van der Waals surface area contributed by atoms with Gasteiger partial charge in [0.25, 0.3) is 0 Å². The molecular formula is C17H23BrO3. The number of carbonyl (C=O) groups is 1. The van der Waals surface area contributed by atoms with E-state index >= 15 is 0 Å². The zero-order chi connectivity index (χ0) is 15.8. The molecule has 1 aromatic rings. The molecule has 0 amide bonds. The molecule has 0 aliphatic carbocycles. The summed E-state index contributed by atoms with van der Waals surface area (Å²) in [6, 6.07) is 5.87. The van der Waals surface area contributed by atoms with Crippen molar-refractivity contribution >= 4 is 21.9 Å². The molecule has 0 fully saturated rings. The molecule has 21 heavy (non-hydrogen) atoms. The Morgan fingerprint density at radius 1 is 1.38 bits per heavy atom. The van der Waals surface area contributed by atoms with Gasteiger partial charge in [-0.25, -0.2) is 0 Å². The standard InChI is InChI=1S/C17H23BrO3/c1-5-20-17(19)11-14-7-6-13(4)10-16(14)21-15(8-9-18)12(2)3/h6-10,12,15H,5,11H2,1-4H3/b9-8+. The minimum Gasteiger partial charge on any atom is -0.486 e. The summed E-state index contributed by atoms with van der Waals surface area (Å²) in [6.45, 7) is 8.39. The fourth-order valence-corrected chi connectivity index (χ4v) is 2.20. The molecule has 0 aliphatic heterocycles. The van der Waals surface area contributed by atoms with Gasteiger partial charge in [0.05, 0.1) is 13.0 Å². The van der Waals surface area contributed by atoms with Gasteiger partial charge in [-0.3, -0.25) is 4.79 Å². The van der Waals surface area contributed by atoms with Crippen molar-refractivity contribution in [1.82, 2.24) is 0 Å². The number of aryl methyl sites for hydroxylation is 1. The Kier molecular flexibility index (Phi) is 7.51. The van der Waals surface area contributed by atoms with Crippen molar-refractivity contribution in [3.63, 3.8) is 0 Å². The lowest BCUT2D eigenvalue weighted by molar-refractivity contribution is -0.142. The summed E-state index contributed by atoms with van der Waals surface area (Å²) in [5, 5.41) is 0. The minimum atomic E-state index is -0.233. The number of halogens is 1. The molecule has 1 aromatic carbocycles. The van der Waals surface area contributed by atoms with Crippen LogP contribution in [0.5, 0.6) is 5.75 Å². The maximum atomic E-state index is 11.7. The van der Waals surface area contributed by atoms with Gasteiger partial charge in [0.1, 0.15) is 11.9 Å². The van der Waals surface area contributed by atoms with Crippen molar-refractivity contribution in [3.8, 4) is 5.75 Å². The zero-order valence-corrected chi connectivity index (χ0v) is 14.6. The molecule has 0 N–H and O–H groups in total. The fourth-order valence-electron chi connectivity index (χ4n) is 1.90. The smallest absolute Gasteiger partial charge is 0.310 e. The van der Waals surface area contributed by atoms with Crippen LogP contribution in [0.1, 0.15) is 31.9 Å². The number of benzene rings is 1. The van der Waals surface area contributed by atoms with Crippen molar-refractivity contribution in [2.45, 2.75) is 40.2 Å².